The number of hydrogen-bond acceptors (Lipinski definition) is 3. The van der Waals surface area contributed by atoms with Crippen molar-refractivity contribution in [1.82, 2.24) is 5.32 Å². The smallest absolute Gasteiger partial charge is 0.175 e. The molecule has 0 saturated carbocycles. The Bertz CT molecular complexity index is 529. The van der Waals surface area contributed by atoms with Crippen molar-refractivity contribution in [2.24, 2.45) is 0 Å². The average Bonchev–Trinajstić information content (AvgIpc) is 2.73. The minimum absolute atomic E-state index is 0.315. The van der Waals surface area contributed by atoms with Gasteiger partial charge in [0.1, 0.15) is 0 Å². The molecule has 1 saturated heterocycles. The Morgan fingerprint density at radius 2 is 2.00 bits per heavy atom. The zero-order chi connectivity index (χ0) is 12.6. The summed E-state index contributed by atoms with van der Waals surface area (Å²) >= 11 is 0. The summed E-state index contributed by atoms with van der Waals surface area (Å²) < 4.78 is 23.3. The Labute approximate surface area is 103 Å². The highest BCUT2D eigenvalue weighted by Gasteiger charge is 2.21. The van der Waals surface area contributed by atoms with E-state index >= 15 is 0 Å². The summed E-state index contributed by atoms with van der Waals surface area (Å²) in [6.07, 6.45) is 3.52. The molecule has 1 atom stereocenters. The number of rotatable bonds is 2. The first-order chi connectivity index (χ1) is 7.89. The highest BCUT2D eigenvalue weighted by Crippen LogP contribution is 2.29. The van der Waals surface area contributed by atoms with Gasteiger partial charge in [0, 0.05) is 12.3 Å². The van der Waals surface area contributed by atoms with Gasteiger partial charge in [-0.05, 0) is 62.1 Å². The lowest BCUT2D eigenvalue weighted by atomic mass is 9.96. The van der Waals surface area contributed by atoms with Crippen molar-refractivity contribution in [2.75, 3.05) is 12.8 Å². The van der Waals surface area contributed by atoms with Gasteiger partial charge < -0.3 is 5.32 Å². The lowest BCUT2D eigenvalue weighted by molar-refractivity contribution is 0.600. The molecule has 1 unspecified atom stereocenters. The third kappa shape index (κ3) is 2.53. The zero-order valence-corrected chi connectivity index (χ0v) is 11.4. The Morgan fingerprint density at radius 1 is 1.29 bits per heavy atom. The van der Waals surface area contributed by atoms with Crippen LogP contribution in [0, 0.1) is 13.8 Å². The second kappa shape index (κ2) is 4.42. The minimum atomic E-state index is -3.12. The Kier molecular flexibility index (Phi) is 3.27. The molecular formula is C13H19NO2S. The van der Waals surface area contributed by atoms with Crippen molar-refractivity contribution < 1.29 is 8.42 Å². The number of benzene rings is 1. The van der Waals surface area contributed by atoms with Crippen LogP contribution in [-0.2, 0) is 9.84 Å². The summed E-state index contributed by atoms with van der Waals surface area (Å²) in [7, 11) is -3.12. The molecule has 1 aromatic rings. The van der Waals surface area contributed by atoms with Gasteiger partial charge in [-0.15, -0.1) is 0 Å². The first-order valence-electron chi connectivity index (χ1n) is 5.94. The molecule has 1 N–H and O–H groups in total. The van der Waals surface area contributed by atoms with Crippen molar-refractivity contribution in [3.63, 3.8) is 0 Å². The van der Waals surface area contributed by atoms with E-state index in [-0.39, 0.29) is 0 Å². The van der Waals surface area contributed by atoms with Gasteiger partial charge in [0.05, 0.1) is 4.90 Å². The van der Waals surface area contributed by atoms with Gasteiger partial charge in [0.2, 0.25) is 0 Å². The third-order valence-corrected chi connectivity index (χ3v) is 4.64. The standard InChI is InChI=1S/C13H19NO2S/c1-9-7-11(17(3,15)16)8-12(10(9)2)13-5-4-6-14-13/h7-8,13-14H,4-6H2,1-3H3. The van der Waals surface area contributed by atoms with E-state index in [9.17, 15) is 8.42 Å². The van der Waals surface area contributed by atoms with Crippen molar-refractivity contribution >= 4 is 9.84 Å². The molecule has 0 aromatic heterocycles. The van der Waals surface area contributed by atoms with E-state index in [4.69, 9.17) is 0 Å². The van der Waals surface area contributed by atoms with Crippen LogP contribution in [0.4, 0.5) is 0 Å². The predicted molar refractivity (Wildman–Crippen MR) is 69.0 cm³/mol. The Hall–Kier alpha value is -0.870. The van der Waals surface area contributed by atoms with E-state index in [0.29, 0.717) is 10.9 Å². The van der Waals surface area contributed by atoms with Crippen molar-refractivity contribution in [2.45, 2.75) is 37.6 Å². The number of sulfone groups is 1. The number of aryl methyl sites for hydroxylation is 1. The van der Waals surface area contributed by atoms with Gasteiger partial charge in [0.25, 0.3) is 0 Å². The normalized spacial score (nSPS) is 20.8. The number of nitrogens with one attached hydrogen (secondary N) is 1. The van der Waals surface area contributed by atoms with E-state index < -0.39 is 9.84 Å². The van der Waals surface area contributed by atoms with E-state index in [1.807, 2.05) is 13.0 Å². The second-order valence-electron chi connectivity index (χ2n) is 4.88. The Morgan fingerprint density at radius 3 is 2.53 bits per heavy atom. The second-order valence-corrected chi connectivity index (χ2v) is 6.89. The van der Waals surface area contributed by atoms with Crippen LogP contribution in [0.3, 0.4) is 0 Å². The molecule has 94 valence electrons. The maximum atomic E-state index is 11.6. The molecule has 0 spiro atoms. The molecule has 1 aliphatic rings. The molecular weight excluding hydrogens is 234 g/mol. The fourth-order valence-corrected chi connectivity index (χ4v) is 3.11. The first kappa shape index (κ1) is 12.6. The van der Waals surface area contributed by atoms with E-state index in [0.717, 1.165) is 30.5 Å². The highest BCUT2D eigenvalue weighted by molar-refractivity contribution is 7.90. The maximum absolute atomic E-state index is 11.6. The molecule has 1 aromatic carbocycles. The van der Waals surface area contributed by atoms with Crippen LogP contribution in [0.1, 0.15) is 35.6 Å². The van der Waals surface area contributed by atoms with Gasteiger partial charge in [-0.1, -0.05) is 0 Å². The van der Waals surface area contributed by atoms with E-state index in [1.54, 1.807) is 6.07 Å². The van der Waals surface area contributed by atoms with Crippen LogP contribution in [0.5, 0.6) is 0 Å². The molecule has 4 heteroatoms. The molecule has 2 rings (SSSR count). The fourth-order valence-electron chi connectivity index (χ4n) is 2.38. The van der Waals surface area contributed by atoms with Gasteiger partial charge >= 0.3 is 0 Å². The van der Waals surface area contributed by atoms with Gasteiger partial charge in [0.15, 0.2) is 9.84 Å². The minimum Gasteiger partial charge on any atom is -0.310 e. The lowest BCUT2D eigenvalue weighted by Gasteiger charge is -2.17. The highest BCUT2D eigenvalue weighted by atomic mass is 32.2. The summed E-state index contributed by atoms with van der Waals surface area (Å²) in [6.45, 7) is 5.06. The molecule has 3 nitrogen and oxygen atoms in total. The first-order valence-corrected chi connectivity index (χ1v) is 7.83. The third-order valence-electron chi connectivity index (χ3n) is 3.54. The van der Waals surface area contributed by atoms with Crippen LogP contribution in [0.2, 0.25) is 0 Å². The predicted octanol–water partition coefficient (Wildman–Crippen LogP) is 2.13. The summed E-state index contributed by atoms with van der Waals surface area (Å²) in [5, 5.41) is 3.42. The molecule has 17 heavy (non-hydrogen) atoms. The number of hydrogen-bond donors (Lipinski definition) is 1. The summed E-state index contributed by atoms with van der Waals surface area (Å²) in [5.41, 5.74) is 3.40. The largest absolute Gasteiger partial charge is 0.310 e. The maximum Gasteiger partial charge on any atom is 0.175 e. The summed E-state index contributed by atoms with van der Waals surface area (Å²) in [6, 6.07) is 3.92. The van der Waals surface area contributed by atoms with Crippen LogP contribution in [-0.4, -0.2) is 21.2 Å². The fraction of sp³-hybridized carbons (Fsp3) is 0.538. The SMILES string of the molecule is Cc1cc(S(C)(=O)=O)cc(C2CCCN2)c1C. The molecule has 0 amide bonds. The van der Waals surface area contributed by atoms with Crippen LogP contribution < -0.4 is 5.32 Å². The van der Waals surface area contributed by atoms with Crippen LogP contribution in [0.15, 0.2) is 17.0 Å². The monoisotopic (exact) mass is 253 g/mol. The van der Waals surface area contributed by atoms with Gasteiger partial charge in [-0.3, -0.25) is 0 Å². The zero-order valence-electron chi connectivity index (χ0n) is 10.6. The molecule has 0 aliphatic carbocycles. The van der Waals surface area contributed by atoms with Crippen LogP contribution in [0.25, 0.3) is 0 Å². The molecule has 1 heterocycles. The van der Waals surface area contributed by atoms with Crippen molar-refractivity contribution in [3.8, 4) is 0 Å². The van der Waals surface area contributed by atoms with E-state index in [2.05, 4.69) is 12.2 Å². The topological polar surface area (TPSA) is 46.2 Å². The molecule has 1 aliphatic heterocycles. The Balaban J connectivity index is 2.54. The van der Waals surface area contributed by atoms with Gasteiger partial charge in [-0.2, -0.15) is 0 Å². The summed E-state index contributed by atoms with van der Waals surface area (Å²) in [4.78, 5) is 0.435. The summed E-state index contributed by atoms with van der Waals surface area (Å²) in [5.74, 6) is 0. The van der Waals surface area contributed by atoms with Gasteiger partial charge in [-0.25, -0.2) is 8.42 Å². The quantitative estimate of drug-likeness (QED) is 0.878. The molecule has 0 bridgehead atoms. The van der Waals surface area contributed by atoms with Crippen LogP contribution >= 0.6 is 0 Å². The average molecular weight is 253 g/mol. The molecule has 1 fully saturated rings. The van der Waals surface area contributed by atoms with Crippen molar-refractivity contribution in [3.05, 3.63) is 28.8 Å². The van der Waals surface area contributed by atoms with E-state index in [1.165, 1.54) is 11.8 Å². The lowest BCUT2D eigenvalue weighted by Crippen LogP contribution is -2.15. The van der Waals surface area contributed by atoms with Crippen molar-refractivity contribution in [1.29, 1.82) is 0 Å². The molecule has 0 radical (unpaired) electrons.